The Balaban J connectivity index is 1.74. The summed E-state index contributed by atoms with van der Waals surface area (Å²) in [5.74, 6) is -1.36. The molecule has 3 aromatic rings. The number of para-hydroxylation sites is 1. The average Bonchev–Trinajstić information content (AvgIpc) is 3.35. The SMILES string of the molecule is CN(C)c1nc(NC(=O)Cc2cnn(-c3ccccc3)c2C(F)(F)F)c(C(=O)OC(C)(C)C)n1C1C=CC=CC=C1. The highest BCUT2D eigenvalue weighted by atomic mass is 19.4. The molecule has 12 heteroatoms. The Bertz CT molecular complexity index is 1490. The molecule has 9 nitrogen and oxygen atoms in total. The molecule has 0 aliphatic heterocycles. The van der Waals surface area contributed by atoms with Crippen molar-refractivity contribution in [2.45, 2.75) is 45.0 Å². The molecule has 1 aliphatic rings. The van der Waals surface area contributed by atoms with Crippen LogP contribution in [0.15, 0.2) is 73.0 Å². The van der Waals surface area contributed by atoms with E-state index in [1.54, 1.807) is 62.5 Å². The van der Waals surface area contributed by atoms with Crippen LogP contribution in [-0.4, -0.2) is 50.9 Å². The molecule has 1 aromatic carbocycles. The Hall–Kier alpha value is -4.61. The van der Waals surface area contributed by atoms with E-state index in [9.17, 15) is 22.8 Å². The van der Waals surface area contributed by atoms with Crippen molar-refractivity contribution in [3.05, 3.63) is 89.9 Å². The van der Waals surface area contributed by atoms with Crippen molar-refractivity contribution in [1.29, 1.82) is 0 Å². The highest BCUT2D eigenvalue weighted by Crippen LogP contribution is 2.35. The van der Waals surface area contributed by atoms with Crippen LogP contribution >= 0.6 is 0 Å². The third-order valence-electron chi connectivity index (χ3n) is 5.86. The molecule has 1 N–H and O–H groups in total. The summed E-state index contributed by atoms with van der Waals surface area (Å²) in [5.41, 5.74) is -2.10. The molecule has 2 aromatic heterocycles. The number of halogens is 3. The predicted molar refractivity (Wildman–Crippen MR) is 149 cm³/mol. The number of nitrogens with one attached hydrogen (secondary N) is 1. The van der Waals surface area contributed by atoms with Crippen molar-refractivity contribution in [2.24, 2.45) is 0 Å². The molecule has 1 amide bonds. The van der Waals surface area contributed by atoms with Crippen molar-refractivity contribution in [3.63, 3.8) is 0 Å². The number of nitrogens with zero attached hydrogens (tertiary/aromatic N) is 5. The van der Waals surface area contributed by atoms with Crippen LogP contribution in [0.3, 0.4) is 0 Å². The second-order valence-electron chi connectivity index (χ2n) is 10.5. The van der Waals surface area contributed by atoms with Crippen molar-refractivity contribution < 1.29 is 27.5 Å². The zero-order valence-electron chi connectivity index (χ0n) is 23.3. The zero-order valence-corrected chi connectivity index (χ0v) is 23.3. The van der Waals surface area contributed by atoms with Gasteiger partial charge in [0.05, 0.1) is 24.3 Å². The summed E-state index contributed by atoms with van der Waals surface area (Å²) in [4.78, 5) is 32.9. The summed E-state index contributed by atoms with van der Waals surface area (Å²) in [6.07, 6.45) is 6.52. The van der Waals surface area contributed by atoms with E-state index in [0.29, 0.717) is 5.95 Å². The number of hydrogen-bond donors (Lipinski definition) is 1. The van der Waals surface area contributed by atoms with Crippen LogP contribution in [0.25, 0.3) is 5.69 Å². The van der Waals surface area contributed by atoms with Crippen LogP contribution in [0.1, 0.15) is 48.6 Å². The number of hydrogen-bond acceptors (Lipinski definition) is 6. The molecular weight excluding hydrogens is 537 g/mol. The van der Waals surface area contributed by atoms with Gasteiger partial charge >= 0.3 is 12.1 Å². The molecule has 0 fully saturated rings. The minimum Gasteiger partial charge on any atom is -0.455 e. The van der Waals surface area contributed by atoms with E-state index < -0.39 is 41.8 Å². The third-order valence-corrected chi connectivity index (χ3v) is 5.86. The molecule has 4 rings (SSSR count). The number of amides is 1. The molecule has 2 heterocycles. The summed E-state index contributed by atoms with van der Waals surface area (Å²) >= 11 is 0. The molecule has 216 valence electrons. The standard InChI is InChI=1S/C29H31F3N6O3/c1-28(2,3)41-26(40)23-25(35-27(36(4)5)37(23)20-13-9-6-7-10-14-20)34-22(39)17-19-18-33-38(24(19)29(30,31)32)21-15-11-8-12-16-21/h6-16,18,20H,17H2,1-5H3,(H,34,39). The van der Waals surface area contributed by atoms with Crippen LogP contribution in [-0.2, 0) is 22.1 Å². The number of anilines is 2. The Kier molecular flexibility index (Phi) is 8.22. The Morgan fingerprint density at radius 1 is 1.02 bits per heavy atom. The number of alkyl halides is 3. The number of aromatic nitrogens is 4. The van der Waals surface area contributed by atoms with Crippen LogP contribution in [0.2, 0.25) is 0 Å². The number of rotatable bonds is 7. The van der Waals surface area contributed by atoms with E-state index in [1.807, 2.05) is 36.5 Å². The molecule has 0 unspecified atom stereocenters. The third kappa shape index (κ3) is 6.76. The summed E-state index contributed by atoms with van der Waals surface area (Å²) in [7, 11) is 3.44. The van der Waals surface area contributed by atoms with Gasteiger partial charge in [0.15, 0.2) is 17.2 Å². The number of allylic oxidation sites excluding steroid dienone is 6. The van der Waals surface area contributed by atoms with Crippen LogP contribution in [0, 0.1) is 0 Å². The summed E-state index contributed by atoms with van der Waals surface area (Å²) < 4.78 is 50.4. The molecule has 0 saturated heterocycles. The van der Waals surface area contributed by atoms with Gasteiger partial charge in [0.25, 0.3) is 0 Å². The van der Waals surface area contributed by atoms with Gasteiger partial charge in [-0.2, -0.15) is 23.3 Å². The van der Waals surface area contributed by atoms with E-state index >= 15 is 0 Å². The van der Waals surface area contributed by atoms with E-state index in [1.165, 1.54) is 12.1 Å². The Morgan fingerprint density at radius 2 is 1.66 bits per heavy atom. The number of imidazole rings is 1. The second-order valence-corrected chi connectivity index (χ2v) is 10.5. The molecule has 0 radical (unpaired) electrons. The quantitative estimate of drug-likeness (QED) is 0.378. The van der Waals surface area contributed by atoms with Gasteiger partial charge in [-0.1, -0.05) is 54.7 Å². The maximum absolute atomic E-state index is 14.1. The zero-order chi connectivity index (χ0) is 29.9. The topological polar surface area (TPSA) is 94.3 Å². The molecule has 1 aliphatic carbocycles. The highest BCUT2D eigenvalue weighted by molar-refractivity contribution is 6.00. The largest absolute Gasteiger partial charge is 0.455 e. The molecule has 41 heavy (non-hydrogen) atoms. The van der Waals surface area contributed by atoms with Crippen LogP contribution in [0.5, 0.6) is 0 Å². The first kappa shape index (κ1) is 29.4. The van der Waals surface area contributed by atoms with Crippen molar-refractivity contribution in [1.82, 2.24) is 19.3 Å². The minimum atomic E-state index is -4.78. The fourth-order valence-electron chi connectivity index (χ4n) is 4.28. The fourth-order valence-corrected chi connectivity index (χ4v) is 4.28. The molecular formula is C29H31F3N6O3. The lowest BCUT2D eigenvalue weighted by Crippen LogP contribution is -2.28. The maximum atomic E-state index is 14.1. The summed E-state index contributed by atoms with van der Waals surface area (Å²) in [6.45, 7) is 5.11. The minimum absolute atomic E-state index is 0.0470. The maximum Gasteiger partial charge on any atom is 0.433 e. The Morgan fingerprint density at radius 3 is 2.22 bits per heavy atom. The van der Waals surface area contributed by atoms with Crippen molar-refractivity contribution in [3.8, 4) is 5.69 Å². The van der Waals surface area contributed by atoms with Gasteiger partial charge in [-0.05, 0) is 32.9 Å². The first-order valence-corrected chi connectivity index (χ1v) is 12.8. The lowest BCUT2D eigenvalue weighted by Gasteiger charge is -2.23. The van der Waals surface area contributed by atoms with Gasteiger partial charge in [-0.25, -0.2) is 9.48 Å². The first-order chi connectivity index (χ1) is 19.3. The summed E-state index contributed by atoms with van der Waals surface area (Å²) in [6, 6.07) is 7.37. The summed E-state index contributed by atoms with van der Waals surface area (Å²) in [5, 5.41) is 6.46. The normalized spacial score (nSPS) is 13.8. The van der Waals surface area contributed by atoms with Crippen molar-refractivity contribution >= 4 is 23.6 Å². The smallest absolute Gasteiger partial charge is 0.433 e. The van der Waals surface area contributed by atoms with Gasteiger partial charge in [0.2, 0.25) is 11.9 Å². The lowest BCUT2D eigenvalue weighted by atomic mass is 10.1. The monoisotopic (exact) mass is 568 g/mol. The molecule has 0 bridgehead atoms. The van der Waals surface area contributed by atoms with E-state index in [-0.39, 0.29) is 22.8 Å². The van der Waals surface area contributed by atoms with Crippen LogP contribution < -0.4 is 10.2 Å². The van der Waals surface area contributed by atoms with Gasteiger partial charge in [-0.3, -0.25) is 9.36 Å². The second kappa shape index (κ2) is 11.5. The Labute approximate surface area is 235 Å². The van der Waals surface area contributed by atoms with Gasteiger partial charge < -0.3 is 15.0 Å². The predicted octanol–water partition coefficient (Wildman–Crippen LogP) is 5.51. The van der Waals surface area contributed by atoms with E-state index in [0.717, 1.165) is 10.9 Å². The number of esters is 1. The van der Waals surface area contributed by atoms with Crippen molar-refractivity contribution in [2.75, 3.05) is 24.3 Å². The van der Waals surface area contributed by atoms with E-state index in [4.69, 9.17) is 4.74 Å². The first-order valence-electron chi connectivity index (χ1n) is 12.8. The molecule has 0 atom stereocenters. The molecule has 0 spiro atoms. The highest BCUT2D eigenvalue weighted by Gasteiger charge is 2.39. The van der Waals surface area contributed by atoms with Gasteiger partial charge in [0.1, 0.15) is 5.60 Å². The number of carbonyl (C=O) groups excluding carboxylic acids is 2. The average molecular weight is 569 g/mol. The number of benzene rings is 1. The van der Waals surface area contributed by atoms with E-state index in [2.05, 4.69) is 15.4 Å². The van der Waals surface area contributed by atoms with Gasteiger partial charge in [0, 0.05) is 19.7 Å². The number of carbonyl (C=O) groups is 2. The molecule has 0 saturated carbocycles. The lowest BCUT2D eigenvalue weighted by molar-refractivity contribution is -0.143. The van der Waals surface area contributed by atoms with Crippen LogP contribution in [0.4, 0.5) is 24.9 Å². The van der Waals surface area contributed by atoms with Gasteiger partial charge in [-0.15, -0.1) is 0 Å². The number of ether oxygens (including phenoxy) is 1. The fraction of sp³-hybridized carbons (Fsp3) is 0.310.